The molecule has 2 aliphatic rings. The van der Waals surface area contributed by atoms with Gasteiger partial charge in [0.05, 0.1) is 5.56 Å². The number of nitrogens with zero attached hydrogens (tertiary/aromatic N) is 1. The first kappa shape index (κ1) is 14.3. The summed E-state index contributed by atoms with van der Waals surface area (Å²) in [4.78, 5) is 16.2. The van der Waals surface area contributed by atoms with E-state index in [0.29, 0.717) is 18.5 Å². The Balaban J connectivity index is 1.63. The number of halogens is 1. The molecule has 21 heavy (non-hydrogen) atoms. The number of pyridine rings is 1. The summed E-state index contributed by atoms with van der Waals surface area (Å²) in [5, 5.41) is 5.82. The Hall–Kier alpha value is -1.65. The van der Waals surface area contributed by atoms with Gasteiger partial charge in [0.25, 0.3) is 5.91 Å². The molecule has 2 fully saturated rings. The van der Waals surface area contributed by atoms with Crippen LogP contribution in [0.2, 0.25) is 0 Å². The fourth-order valence-corrected chi connectivity index (χ4v) is 2.92. The molecular formula is C16H22FN3O. The third-order valence-corrected chi connectivity index (χ3v) is 4.61. The van der Waals surface area contributed by atoms with Crippen molar-refractivity contribution in [1.82, 2.24) is 10.3 Å². The minimum absolute atomic E-state index is 0.0789. The molecule has 114 valence electrons. The van der Waals surface area contributed by atoms with Gasteiger partial charge in [-0.2, -0.15) is 0 Å². The lowest BCUT2D eigenvalue weighted by Crippen LogP contribution is -2.32. The monoisotopic (exact) mass is 291 g/mol. The standard InChI is InChI=1S/C16H22FN3O/c1-2-8-18-14-13(17)12(5-9-19-14)15(21)20-10-16(6-7-16)11-3-4-11/h5,9,11H,2-4,6-8,10H2,1H3,(H,18,19)(H,20,21). The second-order valence-electron chi connectivity index (χ2n) is 6.27. The molecule has 0 spiro atoms. The lowest BCUT2D eigenvalue weighted by Gasteiger charge is -2.15. The summed E-state index contributed by atoms with van der Waals surface area (Å²) in [7, 11) is 0. The Labute approximate surface area is 124 Å². The van der Waals surface area contributed by atoms with Crippen molar-refractivity contribution in [2.75, 3.05) is 18.4 Å². The predicted molar refractivity (Wildman–Crippen MR) is 79.7 cm³/mol. The molecule has 0 atom stereocenters. The van der Waals surface area contributed by atoms with E-state index in [9.17, 15) is 9.18 Å². The maximum atomic E-state index is 14.3. The maximum Gasteiger partial charge on any atom is 0.254 e. The van der Waals surface area contributed by atoms with Crippen LogP contribution in [0.15, 0.2) is 12.3 Å². The average molecular weight is 291 g/mol. The third kappa shape index (κ3) is 3.01. The van der Waals surface area contributed by atoms with Gasteiger partial charge in [0.15, 0.2) is 11.6 Å². The van der Waals surface area contributed by atoms with E-state index in [-0.39, 0.29) is 17.3 Å². The molecule has 5 heteroatoms. The van der Waals surface area contributed by atoms with Crippen molar-refractivity contribution in [1.29, 1.82) is 0 Å². The quantitative estimate of drug-likeness (QED) is 0.812. The molecule has 2 saturated carbocycles. The van der Waals surface area contributed by atoms with Gasteiger partial charge in [0, 0.05) is 19.3 Å². The van der Waals surface area contributed by atoms with Crippen LogP contribution >= 0.6 is 0 Å². The van der Waals surface area contributed by atoms with Crippen molar-refractivity contribution in [2.45, 2.75) is 39.0 Å². The molecule has 3 rings (SSSR count). The van der Waals surface area contributed by atoms with Gasteiger partial charge in [-0.05, 0) is 49.5 Å². The van der Waals surface area contributed by atoms with Crippen molar-refractivity contribution in [2.24, 2.45) is 11.3 Å². The van der Waals surface area contributed by atoms with E-state index in [1.165, 1.54) is 37.9 Å². The highest BCUT2D eigenvalue weighted by Gasteiger charge is 2.53. The second-order valence-corrected chi connectivity index (χ2v) is 6.27. The highest BCUT2D eigenvalue weighted by Crippen LogP contribution is 2.60. The number of rotatable bonds is 7. The molecule has 1 amide bonds. The molecule has 2 N–H and O–H groups in total. The number of aromatic nitrogens is 1. The van der Waals surface area contributed by atoms with Gasteiger partial charge in [0.1, 0.15) is 0 Å². The van der Waals surface area contributed by atoms with Crippen molar-refractivity contribution in [3.05, 3.63) is 23.6 Å². The molecule has 0 aliphatic heterocycles. The zero-order valence-corrected chi connectivity index (χ0v) is 12.4. The van der Waals surface area contributed by atoms with Gasteiger partial charge in [-0.25, -0.2) is 9.37 Å². The summed E-state index contributed by atoms with van der Waals surface area (Å²) >= 11 is 0. The summed E-state index contributed by atoms with van der Waals surface area (Å²) in [5.41, 5.74) is 0.401. The Morgan fingerprint density at radius 2 is 2.24 bits per heavy atom. The molecular weight excluding hydrogens is 269 g/mol. The number of anilines is 1. The molecule has 0 saturated heterocycles. The number of carbonyl (C=O) groups excluding carboxylic acids is 1. The van der Waals surface area contributed by atoms with Gasteiger partial charge in [-0.15, -0.1) is 0 Å². The van der Waals surface area contributed by atoms with Crippen LogP contribution in [0, 0.1) is 17.2 Å². The van der Waals surface area contributed by atoms with Crippen molar-refractivity contribution >= 4 is 11.7 Å². The molecule has 1 aromatic rings. The van der Waals surface area contributed by atoms with E-state index in [1.807, 2.05) is 6.92 Å². The molecule has 4 nitrogen and oxygen atoms in total. The third-order valence-electron chi connectivity index (χ3n) is 4.61. The van der Waals surface area contributed by atoms with E-state index in [1.54, 1.807) is 0 Å². The maximum absolute atomic E-state index is 14.3. The SMILES string of the molecule is CCCNc1nccc(C(=O)NCC2(C3CC3)CC2)c1F. The first-order chi connectivity index (χ1) is 10.2. The van der Waals surface area contributed by atoms with Gasteiger partial charge in [-0.3, -0.25) is 4.79 Å². The minimum Gasteiger partial charge on any atom is -0.368 e. The number of nitrogens with one attached hydrogen (secondary N) is 2. The van der Waals surface area contributed by atoms with Crippen LogP contribution in [0.1, 0.15) is 49.4 Å². The van der Waals surface area contributed by atoms with E-state index in [0.717, 1.165) is 12.3 Å². The van der Waals surface area contributed by atoms with Crippen LogP contribution in [0.25, 0.3) is 0 Å². The molecule has 1 heterocycles. The van der Waals surface area contributed by atoms with Crippen LogP contribution in [0.3, 0.4) is 0 Å². The van der Waals surface area contributed by atoms with Crippen molar-refractivity contribution < 1.29 is 9.18 Å². The first-order valence-corrected chi connectivity index (χ1v) is 7.83. The highest BCUT2D eigenvalue weighted by atomic mass is 19.1. The van der Waals surface area contributed by atoms with Gasteiger partial charge < -0.3 is 10.6 Å². The number of hydrogen-bond acceptors (Lipinski definition) is 3. The predicted octanol–water partition coefficient (Wildman–Crippen LogP) is 2.96. The second kappa shape index (κ2) is 5.62. The van der Waals surface area contributed by atoms with E-state index in [4.69, 9.17) is 0 Å². The average Bonchev–Trinajstić information content (AvgIpc) is 3.37. The van der Waals surface area contributed by atoms with Crippen molar-refractivity contribution in [3.63, 3.8) is 0 Å². The molecule has 0 unspecified atom stereocenters. The normalized spacial score (nSPS) is 19.1. The van der Waals surface area contributed by atoms with Crippen LogP contribution in [-0.2, 0) is 0 Å². The highest BCUT2D eigenvalue weighted by molar-refractivity contribution is 5.95. The van der Waals surface area contributed by atoms with Crippen LogP contribution < -0.4 is 10.6 Å². The van der Waals surface area contributed by atoms with Crippen molar-refractivity contribution in [3.8, 4) is 0 Å². The summed E-state index contributed by atoms with van der Waals surface area (Å²) in [5.74, 6) is 0.0517. The molecule has 0 aromatic carbocycles. The zero-order valence-electron chi connectivity index (χ0n) is 12.4. The zero-order chi connectivity index (χ0) is 14.9. The molecule has 1 aromatic heterocycles. The van der Waals surface area contributed by atoms with Gasteiger partial charge in [0.2, 0.25) is 0 Å². The van der Waals surface area contributed by atoms with Crippen LogP contribution in [0.5, 0.6) is 0 Å². The number of amides is 1. The topological polar surface area (TPSA) is 54.0 Å². The van der Waals surface area contributed by atoms with Gasteiger partial charge >= 0.3 is 0 Å². The Kier molecular flexibility index (Phi) is 3.83. The Bertz CT molecular complexity index is 538. The molecule has 0 bridgehead atoms. The fraction of sp³-hybridized carbons (Fsp3) is 0.625. The molecule has 0 radical (unpaired) electrons. The number of carbonyl (C=O) groups is 1. The summed E-state index contributed by atoms with van der Waals surface area (Å²) in [6.07, 6.45) is 7.31. The Morgan fingerprint density at radius 3 is 2.86 bits per heavy atom. The summed E-state index contributed by atoms with van der Waals surface area (Å²) in [6.45, 7) is 3.31. The van der Waals surface area contributed by atoms with E-state index >= 15 is 0 Å². The first-order valence-electron chi connectivity index (χ1n) is 7.83. The smallest absolute Gasteiger partial charge is 0.254 e. The fourth-order valence-electron chi connectivity index (χ4n) is 2.92. The van der Waals surface area contributed by atoms with Gasteiger partial charge in [-0.1, -0.05) is 6.92 Å². The minimum atomic E-state index is -0.556. The lowest BCUT2D eigenvalue weighted by atomic mass is 10.0. The van der Waals surface area contributed by atoms with E-state index in [2.05, 4.69) is 15.6 Å². The van der Waals surface area contributed by atoms with Crippen LogP contribution in [-0.4, -0.2) is 24.0 Å². The number of hydrogen-bond donors (Lipinski definition) is 2. The summed E-state index contributed by atoms with van der Waals surface area (Å²) in [6, 6.07) is 1.44. The molecule has 2 aliphatic carbocycles. The summed E-state index contributed by atoms with van der Waals surface area (Å²) < 4.78 is 14.3. The Morgan fingerprint density at radius 1 is 1.48 bits per heavy atom. The van der Waals surface area contributed by atoms with E-state index < -0.39 is 5.82 Å². The lowest BCUT2D eigenvalue weighted by molar-refractivity contribution is 0.0938. The van der Waals surface area contributed by atoms with Crippen LogP contribution in [0.4, 0.5) is 10.2 Å². The largest absolute Gasteiger partial charge is 0.368 e.